The number of anilines is 1. The molecule has 1 amide bonds. The summed E-state index contributed by atoms with van der Waals surface area (Å²) in [4.78, 5) is 12.5. The van der Waals surface area contributed by atoms with Crippen molar-refractivity contribution in [3.8, 4) is 17.6 Å². The first-order valence-electron chi connectivity index (χ1n) is 10.1. The van der Waals surface area contributed by atoms with Gasteiger partial charge in [0.1, 0.15) is 18.2 Å². The molecule has 0 aliphatic rings. The standard InChI is InChI=1S/C26H23ClN2O3/c1-3-31-25-15-20(8-13-24(25)32-17-19-6-9-22(27)10-7-19)14-21(16-28)26(30)29-23-11-4-18(2)5-12-23/h4-15H,3,17H2,1-2H3,(H,29,30)/b21-14-. The van der Waals surface area contributed by atoms with E-state index in [9.17, 15) is 10.1 Å². The van der Waals surface area contributed by atoms with E-state index in [1.807, 2.05) is 56.3 Å². The van der Waals surface area contributed by atoms with Crippen molar-refractivity contribution in [3.63, 3.8) is 0 Å². The number of nitriles is 1. The number of amides is 1. The predicted molar refractivity (Wildman–Crippen MR) is 127 cm³/mol. The minimum atomic E-state index is -0.475. The Morgan fingerprint density at radius 3 is 2.41 bits per heavy atom. The van der Waals surface area contributed by atoms with E-state index in [-0.39, 0.29) is 5.57 Å². The van der Waals surface area contributed by atoms with Crippen molar-refractivity contribution in [1.82, 2.24) is 0 Å². The minimum Gasteiger partial charge on any atom is -0.490 e. The number of rotatable bonds is 8. The third-order valence-electron chi connectivity index (χ3n) is 4.56. The molecule has 0 heterocycles. The van der Waals surface area contributed by atoms with Crippen LogP contribution in [0.1, 0.15) is 23.6 Å². The maximum Gasteiger partial charge on any atom is 0.266 e. The number of ether oxygens (including phenoxy) is 2. The van der Waals surface area contributed by atoms with E-state index < -0.39 is 5.91 Å². The van der Waals surface area contributed by atoms with Crippen LogP contribution in [0.25, 0.3) is 6.08 Å². The van der Waals surface area contributed by atoms with Gasteiger partial charge in [-0.3, -0.25) is 4.79 Å². The van der Waals surface area contributed by atoms with E-state index in [0.29, 0.717) is 41.0 Å². The summed E-state index contributed by atoms with van der Waals surface area (Å²) >= 11 is 5.92. The SMILES string of the molecule is CCOc1cc(/C=C(/C#N)C(=O)Nc2ccc(C)cc2)ccc1OCc1ccc(Cl)cc1. The van der Waals surface area contributed by atoms with Gasteiger partial charge in [-0.1, -0.05) is 47.5 Å². The molecule has 3 aromatic rings. The average molecular weight is 447 g/mol. The molecule has 0 aromatic heterocycles. The van der Waals surface area contributed by atoms with E-state index in [1.165, 1.54) is 6.08 Å². The summed E-state index contributed by atoms with van der Waals surface area (Å²) in [5, 5.41) is 12.9. The maximum absolute atomic E-state index is 12.5. The van der Waals surface area contributed by atoms with Crippen molar-refractivity contribution >= 4 is 29.3 Å². The van der Waals surface area contributed by atoms with Crippen LogP contribution in [0.4, 0.5) is 5.69 Å². The third kappa shape index (κ3) is 6.37. The second kappa shape index (κ2) is 11.0. The smallest absolute Gasteiger partial charge is 0.266 e. The van der Waals surface area contributed by atoms with Gasteiger partial charge in [-0.25, -0.2) is 0 Å². The van der Waals surface area contributed by atoms with Gasteiger partial charge >= 0.3 is 0 Å². The largest absolute Gasteiger partial charge is 0.490 e. The molecule has 3 aromatic carbocycles. The van der Waals surface area contributed by atoms with Gasteiger partial charge in [0, 0.05) is 10.7 Å². The number of aryl methyl sites for hydroxylation is 1. The molecule has 5 nitrogen and oxygen atoms in total. The summed E-state index contributed by atoms with van der Waals surface area (Å²) in [6.45, 7) is 4.64. The van der Waals surface area contributed by atoms with Crippen LogP contribution in [0, 0.1) is 18.3 Å². The Balaban J connectivity index is 1.76. The first-order valence-corrected chi connectivity index (χ1v) is 10.5. The molecule has 0 unspecified atom stereocenters. The van der Waals surface area contributed by atoms with E-state index in [4.69, 9.17) is 21.1 Å². The minimum absolute atomic E-state index is 0.0112. The van der Waals surface area contributed by atoms with E-state index >= 15 is 0 Å². The molecule has 0 aliphatic carbocycles. The van der Waals surface area contributed by atoms with Crippen molar-refractivity contribution in [3.05, 3.63) is 94.0 Å². The lowest BCUT2D eigenvalue weighted by atomic mass is 10.1. The molecule has 0 atom stereocenters. The molecule has 0 radical (unpaired) electrons. The van der Waals surface area contributed by atoms with Crippen molar-refractivity contribution in [2.45, 2.75) is 20.5 Å². The Bertz CT molecular complexity index is 1150. The molecular formula is C26H23ClN2O3. The quantitative estimate of drug-likeness (QED) is 0.331. The van der Waals surface area contributed by atoms with E-state index in [0.717, 1.165) is 11.1 Å². The number of benzene rings is 3. The molecule has 0 fully saturated rings. The summed E-state index contributed by atoms with van der Waals surface area (Å²) in [6.07, 6.45) is 1.52. The van der Waals surface area contributed by atoms with Gasteiger partial charge in [-0.05, 0) is 67.4 Å². The fraction of sp³-hybridized carbons (Fsp3) is 0.154. The highest BCUT2D eigenvalue weighted by molar-refractivity contribution is 6.30. The highest BCUT2D eigenvalue weighted by Gasteiger charge is 2.12. The normalized spacial score (nSPS) is 10.9. The van der Waals surface area contributed by atoms with Crippen LogP contribution in [0.15, 0.2) is 72.3 Å². The molecule has 1 N–H and O–H groups in total. The van der Waals surface area contributed by atoms with Crippen LogP contribution in [0.3, 0.4) is 0 Å². The van der Waals surface area contributed by atoms with Crippen LogP contribution >= 0.6 is 11.6 Å². The second-order valence-corrected chi connectivity index (χ2v) is 7.48. The van der Waals surface area contributed by atoms with Gasteiger partial charge in [0.05, 0.1) is 6.61 Å². The van der Waals surface area contributed by atoms with Crippen molar-refractivity contribution in [2.24, 2.45) is 0 Å². The van der Waals surface area contributed by atoms with Gasteiger partial charge in [0.25, 0.3) is 5.91 Å². The molecule has 0 bridgehead atoms. The average Bonchev–Trinajstić information content (AvgIpc) is 2.79. The molecule has 3 rings (SSSR count). The topological polar surface area (TPSA) is 71.3 Å². The zero-order valence-corrected chi connectivity index (χ0v) is 18.6. The zero-order chi connectivity index (χ0) is 22.9. The number of carbonyl (C=O) groups excluding carboxylic acids is 1. The first-order chi connectivity index (χ1) is 15.5. The molecule has 0 aliphatic heterocycles. The van der Waals surface area contributed by atoms with E-state index in [1.54, 1.807) is 30.3 Å². The number of carbonyl (C=O) groups is 1. The number of hydrogen-bond acceptors (Lipinski definition) is 4. The summed E-state index contributed by atoms with van der Waals surface area (Å²) in [5.74, 6) is 0.630. The number of nitrogens with zero attached hydrogens (tertiary/aromatic N) is 1. The monoisotopic (exact) mass is 446 g/mol. The summed E-state index contributed by atoms with van der Waals surface area (Å²) < 4.78 is 11.6. The molecule has 0 saturated heterocycles. The summed E-state index contributed by atoms with van der Waals surface area (Å²) in [6, 6.07) is 22.0. The van der Waals surface area contributed by atoms with Gasteiger partial charge in [-0.15, -0.1) is 0 Å². The van der Waals surface area contributed by atoms with Gasteiger partial charge in [0.15, 0.2) is 11.5 Å². The summed E-state index contributed by atoms with van der Waals surface area (Å²) in [5.41, 5.74) is 3.33. The van der Waals surface area contributed by atoms with Gasteiger partial charge in [0.2, 0.25) is 0 Å². The molecule has 0 saturated carbocycles. The van der Waals surface area contributed by atoms with Crippen molar-refractivity contribution in [2.75, 3.05) is 11.9 Å². The highest BCUT2D eigenvalue weighted by atomic mass is 35.5. The van der Waals surface area contributed by atoms with Crippen LogP contribution < -0.4 is 14.8 Å². The van der Waals surface area contributed by atoms with E-state index in [2.05, 4.69) is 5.32 Å². The number of hydrogen-bond donors (Lipinski definition) is 1. The Morgan fingerprint density at radius 1 is 1.03 bits per heavy atom. The van der Waals surface area contributed by atoms with Crippen molar-refractivity contribution in [1.29, 1.82) is 5.26 Å². The first kappa shape index (κ1) is 22.9. The second-order valence-electron chi connectivity index (χ2n) is 7.04. The number of halogens is 1. The lowest BCUT2D eigenvalue weighted by Gasteiger charge is -2.13. The molecular weight excluding hydrogens is 424 g/mol. The van der Waals surface area contributed by atoms with Crippen LogP contribution in [0.5, 0.6) is 11.5 Å². The fourth-order valence-corrected chi connectivity index (χ4v) is 3.02. The molecule has 0 spiro atoms. The Morgan fingerprint density at radius 2 is 1.75 bits per heavy atom. The van der Waals surface area contributed by atoms with Gasteiger partial charge in [-0.2, -0.15) is 5.26 Å². The fourth-order valence-electron chi connectivity index (χ4n) is 2.89. The number of nitrogens with one attached hydrogen (secondary N) is 1. The Hall–Kier alpha value is -3.75. The predicted octanol–water partition coefficient (Wildman–Crippen LogP) is 6.17. The maximum atomic E-state index is 12.5. The molecule has 32 heavy (non-hydrogen) atoms. The lowest BCUT2D eigenvalue weighted by Crippen LogP contribution is -2.13. The molecule has 162 valence electrons. The summed E-state index contributed by atoms with van der Waals surface area (Å²) in [7, 11) is 0. The molecule has 6 heteroatoms. The van der Waals surface area contributed by atoms with Crippen molar-refractivity contribution < 1.29 is 14.3 Å². The third-order valence-corrected chi connectivity index (χ3v) is 4.81. The van der Waals surface area contributed by atoms with Crippen LogP contribution in [-0.4, -0.2) is 12.5 Å². The van der Waals surface area contributed by atoms with Crippen LogP contribution in [0.2, 0.25) is 5.02 Å². The highest BCUT2D eigenvalue weighted by Crippen LogP contribution is 2.30. The van der Waals surface area contributed by atoms with Gasteiger partial charge < -0.3 is 14.8 Å². The Kier molecular flexibility index (Phi) is 7.91. The lowest BCUT2D eigenvalue weighted by molar-refractivity contribution is -0.112. The van der Waals surface area contributed by atoms with Crippen LogP contribution in [-0.2, 0) is 11.4 Å². The Labute approximate surface area is 192 Å². The zero-order valence-electron chi connectivity index (χ0n) is 17.9.